The molecule has 0 bridgehead atoms. The predicted molar refractivity (Wildman–Crippen MR) is 106 cm³/mol. The lowest BCUT2D eigenvalue weighted by Crippen LogP contribution is -2.54. The van der Waals surface area contributed by atoms with Gasteiger partial charge in [0.2, 0.25) is 0 Å². The zero-order chi connectivity index (χ0) is 19.6. The molecular formula is C21H17Cl2NO3. The smallest absolute Gasteiger partial charge is 0.253 e. The molecular weight excluding hydrogens is 385 g/mol. The van der Waals surface area contributed by atoms with E-state index in [9.17, 15) is 14.7 Å². The molecule has 2 aromatic carbocycles. The molecule has 2 aliphatic rings. The van der Waals surface area contributed by atoms with Crippen LogP contribution in [0.1, 0.15) is 17.9 Å². The van der Waals surface area contributed by atoms with Crippen LogP contribution < -0.4 is 0 Å². The number of aromatic hydroxyl groups is 1. The number of alkyl halides is 2. The summed E-state index contributed by atoms with van der Waals surface area (Å²) < 4.78 is 0. The van der Waals surface area contributed by atoms with Gasteiger partial charge in [-0.2, -0.15) is 0 Å². The van der Waals surface area contributed by atoms with Gasteiger partial charge in [0.15, 0.2) is 9.75 Å². The van der Waals surface area contributed by atoms with Crippen molar-refractivity contribution in [2.24, 2.45) is 0 Å². The number of amides is 2. The summed E-state index contributed by atoms with van der Waals surface area (Å²) in [7, 11) is 1.38. The fourth-order valence-electron chi connectivity index (χ4n) is 4.22. The highest BCUT2D eigenvalue weighted by atomic mass is 35.5. The third-order valence-electron chi connectivity index (χ3n) is 5.66. The van der Waals surface area contributed by atoms with E-state index >= 15 is 0 Å². The van der Waals surface area contributed by atoms with Crippen LogP contribution in [0.4, 0.5) is 0 Å². The third kappa shape index (κ3) is 2.11. The summed E-state index contributed by atoms with van der Waals surface area (Å²) in [6.07, 6.45) is 3.47. The number of fused-ring (bicyclic) bond motifs is 2. The third-order valence-corrected chi connectivity index (χ3v) is 7.08. The summed E-state index contributed by atoms with van der Waals surface area (Å²) in [6.45, 7) is 3.82. The van der Waals surface area contributed by atoms with Gasteiger partial charge in [0, 0.05) is 23.9 Å². The Balaban J connectivity index is 2.03. The maximum atomic E-state index is 13.0. The van der Waals surface area contributed by atoms with E-state index in [1.54, 1.807) is 24.3 Å². The van der Waals surface area contributed by atoms with E-state index in [-0.39, 0.29) is 12.2 Å². The van der Waals surface area contributed by atoms with Crippen LogP contribution in [0.3, 0.4) is 0 Å². The number of rotatable bonds is 2. The van der Waals surface area contributed by atoms with Crippen LogP contribution in [0.15, 0.2) is 60.7 Å². The van der Waals surface area contributed by atoms with Gasteiger partial charge in [0.1, 0.15) is 5.75 Å². The molecule has 6 heteroatoms. The number of imide groups is 1. The van der Waals surface area contributed by atoms with Crippen LogP contribution >= 0.6 is 23.2 Å². The van der Waals surface area contributed by atoms with E-state index in [2.05, 4.69) is 6.58 Å². The number of carbonyl (C=O) groups excluding carboxylic acids is 2. The molecule has 1 aliphatic carbocycles. The lowest BCUT2D eigenvalue weighted by molar-refractivity contribution is -0.137. The summed E-state index contributed by atoms with van der Waals surface area (Å²) in [5, 5.41) is 12.5. The Bertz CT molecular complexity index is 1050. The molecule has 1 aliphatic heterocycles. The van der Waals surface area contributed by atoms with Gasteiger partial charge in [-0.1, -0.05) is 55.1 Å². The summed E-state index contributed by atoms with van der Waals surface area (Å²) in [6, 6.07) is 10.9. The van der Waals surface area contributed by atoms with Crippen molar-refractivity contribution < 1.29 is 14.7 Å². The van der Waals surface area contributed by atoms with Crippen LogP contribution in [0.2, 0.25) is 0 Å². The normalized spacial score (nSPS) is 30.4. The molecule has 2 aromatic rings. The van der Waals surface area contributed by atoms with Crippen molar-refractivity contribution in [3.05, 3.63) is 66.3 Å². The topological polar surface area (TPSA) is 57.6 Å². The Labute approximate surface area is 166 Å². The first-order valence-corrected chi connectivity index (χ1v) is 9.26. The lowest BCUT2D eigenvalue weighted by atomic mass is 9.68. The average molecular weight is 402 g/mol. The van der Waals surface area contributed by atoms with Crippen LogP contribution in [0, 0.1) is 0 Å². The highest BCUT2D eigenvalue weighted by Crippen LogP contribution is 2.60. The van der Waals surface area contributed by atoms with Gasteiger partial charge in [-0.25, -0.2) is 0 Å². The van der Waals surface area contributed by atoms with E-state index in [1.165, 1.54) is 7.05 Å². The number of nitrogens with zero attached hydrogens (tertiary/aromatic N) is 1. The van der Waals surface area contributed by atoms with Gasteiger partial charge >= 0.3 is 0 Å². The number of allylic oxidation sites excluding steroid dienone is 3. The first-order valence-electron chi connectivity index (χ1n) is 8.51. The first kappa shape index (κ1) is 18.1. The van der Waals surface area contributed by atoms with Crippen LogP contribution in [-0.4, -0.2) is 38.6 Å². The van der Waals surface area contributed by atoms with E-state index < -0.39 is 27.5 Å². The molecule has 1 fully saturated rings. The highest BCUT2D eigenvalue weighted by molar-refractivity contribution is 6.53. The Morgan fingerprint density at radius 2 is 1.89 bits per heavy atom. The minimum Gasteiger partial charge on any atom is -0.507 e. The molecule has 27 heavy (non-hydrogen) atoms. The molecule has 138 valence electrons. The maximum Gasteiger partial charge on any atom is 0.253 e. The molecule has 3 atom stereocenters. The SMILES string of the molecule is C=CC1=CCC2(Cl)C(=O)N(C)C(=O)C2(Cl)C1c1ccc2ccccc2c1O. The monoisotopic (exact) mass is 401 g/mol. The number of hydrogen-bond acceptors (Lipinski definition) is 3. The Kier molecular flexibility index (Phi) is 3.92. The standard InChI is InChI=1S/C21H17Cl2NO3/c1-3-12-10-11-20(22)18(26)24(2)19(27)21(20,23)16(12)15-9-8-13-6-4-5-7-14(13)17(15)25/h3-10,16,25H,1,11H2,2H3. The average Bonchev–Trinajstić information content (AvgIpc) is 2.81. The van der Waals surface area contributed by atoms with Crippen molar-refractivity contribution in [3.63, 3.8) is 0 Å². The van der Waals surface area contributed by atoms with Gasteiger partial charge in [-0.3, -0.25) is 14.5 Å². The number of phenols is 1. The molecule has 2 amide bonds. The predicted octanol–water partition coefficient (Wildman–Crippen LogP) is 4.10. The molecule has 0 aromatic heterocycles. The van der Waals surface area contributed by atoms with Gasteiger partial charge < -0.3 is 5.11 Å². The molecule has 0 spiro atoms. The minimum atomic E-state index is -1.75. The quantitative estimate of drug-likeness (QED) is 0.608. The van der Waals surface area contributed by atoms with Gasteiger partial charge in [-0.05, 0) is 17.4 Å². The molecule has 1 saturated heterocycles. The second kappa shape index (κ2) is 5.85. The number of hydrogen-bond donors (Lipinski definition) is 1. The molecule has 4 rings (SSSR count). The number of benzene rings is 2. The van der Waals surface area contributed by atoms with Crippen molar-refractivity contribution in [1.29, 1.82) is 0 Å². The second-order valence-electron chi connectivity index (χ2n) is 6.95. The summed E-state index contributed by atoms with van der Waals surface area (Å²) in [4.78, 5) is 23.4. The van der Waals surface area contributed by atoms with Gasteiger partial charge in [0.05, 0.1) is 0 Å². The van der Waals surface area contributed by atoms with Gasteiger partial charge in [0.25, 0.3) is 11.8 Å². The van der Waals surface area contributed by atoms with Crippen LogP contribution in [-0.2, 0) is 9.59 Å². The van der Waals surface area contributed by atoms with Crippen molar-refractivity contribution in [1.82, 2.24) is 4.90 Å². The van der Waals surface area contributed by atoms with Crippen molar-refractivity contribution in [2.75, 3.05) is 7.05 Å². The largest absolute Gasteiger partial charge is 0.507 e. The molecule has 1 N–H and O–H groups in total. The fourth-order valence-corrected chi connectivity index (χ4v) is 5.14. The first-order chi connectivity index (χ1) is 12.8. The second-order valence-corrected chi connectivity index (χ2v) is 8.19. The number of carbonyl (C=O) groups is 2. The lowest BCUT2D eigenvalue weighted by Gasteiger charge is -2.42. The maximum absolute atomic E-state index is 13.0. The van der Waals surface area contributed by atoms with Crippen molar-refractivity contribution in [3.8, 4) is 5.75 Å². The van der Waals surface area contributed by atoms with Gasteiger partial charge in [-0.15, -0.1) is 23.2 Å². The number of likely N-dealkylation sites (tertiary alicyclic amines) is 1. The highest BCUT2D eigenvalue weighted by Gasteiger charge is 2.72. The Morgan fingerprint density at radius 1 is 1.19 bits per heavy atom. The van der Waals surface area contributed by atoms with Crippen molar-refractivity contribution >= 4 is 45.8 Å². The fraction of sp³-hybridized carbons (Fsp3) is 0.238. The van der Waals surface area contributed by atoms with Crippen molar-refractivity contribution in [2.45, 2.75) is 22.1 Å². The zero-order valence-corrected chi connectivity index (χ0v) is 16.1. The molecule has 0 saturated carbocycles. The minimum absolute atomic E-state index is 0.0154. The van der Waals surface area contributed by atoms with E-state index in [1.807, 2.05) is 24.3 Å². The molecule has 4 nitrogen and oxygen atoms in total. The van der Waals surface area contributed by atoms with Crippen LogP contribution in [0.5, 0.6) is 5.75 Å². The molecule has 1 heterocycles. The molecule has 3 unspecified atom stereocenters. The zero-order valence-electron chi connectivity index (χ0n) is 14.6. The number of halogens is 2. The van der Waals surface area contributed by atoms with E-state index in [0.29, 0.717) is 16.5 Å². The van der Waals surface area contributed by atoms with E-state index in [0.717, 1.165) is 10.3 Å². The summed E-state index contributed by atoms with van der Waals surface area (Å²) in [5.74, 6) is -1.90. The molecule has 0 radical (unpaired) electrons. The Morgan fingerprint density at radius 3 is 2.59 bits per heavy atom. The summed E-state index contributed by atoms with van der Waals surface area (Å²) >= 11 is 13.6. The van der Waals surface area contributed by atoms with E-state index in [4.69, 9.17) is 23.2 Å². The summed E-state index contributed by atoms with van der Waals surface area (Å²) in [5.41, 5.74) is 1.10. The Hall–Kier alpha value is -2.30. The van der Waals surface area contributed by atoms with Crippen LogP contribution in [0.25, 0.3) is 10.8 Å². The number of phenolic OH excluding ortho intramolecular Hbond substituents is 1.